The van der Waals surface area contributed by atoms with Gasteiger partial charge in [0, 0.05) is 18.6 Å². The van der Waals surface area contributed by atoms with Gasteiger partial charge in [-0.05, 0) is 24.7 Å². The average Bonchev–Trinajstić information content (AvgIpc) is 2.18. The van der Waals surface area contributed by atoms with Crippen molar-refractivity contribution in [3.63, 3.8) is 0 Å². The summed E-state index contributed by atoms with van der Waals surface area (Å²) < 4.78 is 0. The second-order valence-electron chi connectivity index (χ2n) is 6.35. The van der Waals surface area contributed by atoms with E-state index in [0.29, 0.717) is 18.6 Å². The lowest BCUT2D eigenvalue weighted by molar-refractivity contribution is -0.120. The van der Waals surface area contributed by atoms with Gasteiger partial charge in [0.25, 0.3) is 0 Å². The fourth-order valence-corrected chi connectivity index (χ4v) is 3.07. The fraction of sp³-hybridized carbons (Fsp3) is 0.857. The number of aliphatic hydroxyl groups is 1. The summed E-state index contributed by atoms with van der Waals surface area (Å²) >= 11 is 0. The van der Waals surface area contributed by atoms with Crippen LogP contribution in [0.1, 0.15) is 58.8 Å². The molecule has 2 unspecified atom stereocenters. The van der Waals surface area contributed by atoms with Crippen molar-refractivity contribution in [2.45, 2.75) is 70.9 Å². The van der Waals surface area contributed by atoms with Crippen LogP contribution < -0.4 is 0 Å². The summed E-state index contributed by atoms with van der Waals surface area (Å²) in [7, 11) is 0. The molecule has 0 aliphatic heterocycles. The van der Waals surface area contributed by atoms with Crippen LogP contribution in [0.15, 0.2) is 4.99 Å². The second kappa shape index (κ2) is 4.89. The number of Topliss-reactive ketones (excluding diaryl/α,β-unsaturated/α-hetero) is 1. The molecule has 3 heteroatoms. The summed E-state index contributed by atoms with van der Waals surface area (Å²) in [5.74, 6) is 0.297. The summed E-state index contributed by atoms with van der Waals surface area (Å²) in [5, 5.41) is 9.90. The van der Waals surface area contributed by atoms with Crippen molar-refractivity contribution in [3.8, 4) is 0 Å². The monoisotopic (exact) mass is 237 g/mol. The van der Waals surface area contributed by atoms with Crippen LogP contribution in [-0.4, -0.2) is 28.7 Å². The first kappa shape index (κ1) is 12.7. The van der Waals surface area contributed by atoms with Crippen LogP contribution in [0.3, 0.4) is 0 Å². The third-order valence-electron chi connectivity index (χ3n) is 3.80. The molecule has 0 aromatic heterocycles. The molecule has 2 saturated carbocycles. The highest BCUT2D eigenvalue weighted by molar-refractivity contribution is 6.04. The van der Waals surface area contributed by atoms with E-state index >= 15 is 0 Å². The Morgan fingerprint density at radius 1 is 1.24 bits per heavy atom. The van der Waals surface area contributed by atoms with E-state index in [9.17, 15) is 9.90 Å². The molecule has 0 bridgehead atoms. The van der Waals surface area contributed by atoms with Gasteiger partial charge in [-0.3, -0.25) is 9.79 Å². The van der Waals surface area contributed by atoms with Gasteiger partial charge in [-0.25, -0.2) is 0 Å². The topological polar surface area (TPSA) is 49.7 Å². The number of carbonyl (C=O) groups is 1. The number of aliphatic hydroxyl groups excluding tert-OH is 1. The first-order valence-electron chi connectivity index (χ1n) is 6.72. The van der Waals surface area contributed by atoms with Crippen LogP contribution in [0.4, 0.5) is 0 Å². The number of carbonyl (C=O) groups excluding carboxylic acids is 1. The maximum atomic E-state index is 11.7. The molecule has 0 heterocycles. The van der Waals surface area contributed by atoms with Gasteiger partial charge in [0.05, 0.1) is 12.1 Å². The molecule has 3 nitrogen and oxygen atoms in total. The van der Waals surface area contributed by atoms with Crippen LogP contribution in [0.5, 0.6) is 0 Å². The summed E-state index contributed by atoms with van der Waals surface area (Å²) in [6, 6.07) is 0.0421. The van der Waals surface area contributed by atoms with E-state index in [2.05, 4.69) is 18.8 Å². The highest BCUT2D eigenvalue weighted by atomic mass is 16.3. The molecule has 2 fully saturated rings. The number of aliphatic imine (C=N–C) groups is 1. The maximum Gasteiger partial charge on any atom is 0.139 e. The molecule has 2 atom stereocenters. The minimum Gasteiger partial charge on any atom is -0.391 e. The van der Waals surface area contributed by atoms with E-state index in [1.807, 2.05) is 0 Å². The zero-order valence-corrected chi connectivity index (χ0v) is 10.9. The normalized spacial score (nSPS) is 36.2. The van der Waals surface area contributed by atoms with Crippen LogP contribution in [0.2, 0.25) is 0 Å². The third kappa shape index (κ3) is 3.38. The van der Waals surface area contributed by atoms with Crippen molar-refractivity contribution >= 4 is 11.5 Å². The first-order valence-corrected chi connectivity index (χ1v) is 6.72. The lowest BCUT2D eigenvalue weighted by atomic mass is 9.75. The maximum absolute atomic E-state index is 11.7. The van der Waals surface area contributed by atoms with Crippen LogP contribution in [0.25, 0.3) is 0 Å². The van der Waals surface area contributed by atoms with E-state index in [-0.39, 0.29) is 17.6 Å². The van der Waals surface area contributed by atoms with E-state index in [1.54, 1.807) is 0 Å². The van der Waals surface area contributed by atoms with Gasteiger partial charge in [0.15, 0.2) is 0 Å². The van der Waals surface area contributed by atoms with Crippen LogP contribution >= 0.6 is 0 Å². The highest BCUT2D eigenvalue weighted by Gasteiger charge is 2.31. The highest BCUT2D eigenvalue weighted by Crippen LogP contribution is 2.33. The van der Waals surface area contributed by atoms with E-state index in [1.165, 1.54) is 0 Å². The lowest BCUT2D eigenvalue weighted by Crippen LogP contribution is -2.33. The van der Waals surface area contributed by atoms with Gasteiger partial charge < -0.3 is 5.11 Å². The Kier molecular flexibility index (Phi) is 3.67. The standard InChI is InChI=1S/C14H23NO2/c1-14(2)8-10(7-11(16)9-14)15-12-5-3-4-6-13(12)17/h12-13,17H,3-9H2,1-2H3. The predicted molar refractivity (Wildman–Crippen MR) is 68.3 cm³/mol. The number of rotatable bonds is 1. The molecule has 1 N–H and O–H groups in total. The average molecular weight is 237 g/mol. The molecule has 0 amide bonds. The molecular formula is C14H23NO2. The minimum absolute atomic E-state index is 0.0421. The van der Waals surface area contributed by atoms with Crippen molar-refractivity contribution in [3.05, 3.63) is 0 Å². The molecule has 2 aliphatic rings. The molecule has 0 aromatic carbocycles. The summed E-state index contributed by atoms with van der Waals surface area (Å²) in [4.78, 5) is 16.3. The number of hydrogen-bond donors (Lipinski definition) is 1. The van der Waals surface area contributed by atoms with Gasteiger partial charge in [-0.2, -0.15) is 0 Å². The lowest BCUT2D eigenvalue weighted by Gasteiger charge is -2.31. The molecule has 96 valence electrons. The second-order valence-corrected chi connectivity index (χ2v) is 6.35. The van der Waals surface area contributed by atoms with E-state index in [4.69, 9.17) is 0 Å². The predicted octanol–water partition coefficient (Wildman–Crippen LogP) is 2.51. The molecule has 0 spiro atoms. The summed E-state index contributed by atoms with van der Waals surface area (Å²) in [5.41, 5.74) is 1.06. The smallest absolute Gasteiger partial charge is 0.139 e. The van der Waals surface area contributed by atoms with Crippen LogP contribution in [-0.2, 0) is 4.79 Å². The Morgan fingerprint density at radius 3 is 2.59 bits per heavy atom. The summed E-state index contributed by atoms with van der Waals surface area (Å²) in [6.07, 6.45) is 5.87. The van der Waals surface area contributed by atoms with Crippen molar-refractivity contribution < 1.29 is 9.90 Å². The zero-order valence-electron chi connectivity index (χ0n) is 10.9. The Balaban J connectivity index is 2.07. The quantitative estimate of drug-likeness (QED) is 0.761. The van der Waals surface area contributed by atoms with Gasteiger partial charge in [-0.1, -0.05) is 26.7 Å². The summed E-state index contributed by atoms with van der Waals surface area (Å²) in [6.45, 7) is 4.24. The van der Waals surface area contributed by atoms with Crippen molar-refractivity contribution in [1.82, 2.24) is 0 Å². The molecule has 2 aliphatic carbocycles. The van der Waals surface area contributed by atoms with Crippen molar-refractivity contribution in [2.24, 2.45) is 10.4 Å². The van der Waals surface area contributed by atoms with E-state index < -0.39 is 0 Å². The molecule has 0 radical (unpaired) electrons. The third-order valence-corrected chi connectivity index (χ3v) is 3.80. The zero-order chi connectivity index (χ0) is 12.5. The van der Waals surface area contributed by atoms with Gasteiger partial charge in [0.1, 0.15) is 5.78 Å². The molecule has 0 saturated heterocycles. The number of hydrogen-bond acceptors (Lipinski definition) is 3. The largest absolute Gasteiger partial charge is 0.391 e. The number of nitrogens with zero attached hydrogens (tertiary/aromatic N) is 1. The van der Waals surface area contributed by atoms with Gasteiger partial charge in [0.2, 0.25) is 0 Å². The Hall–Kier alpha value is -0.700. The molecule has 0 aromatic rings. The Labute approximate surface area is 103 Å². The van der Waals surface area contributed by atoms with Gasteiger partial charge >= 0.3 is 0 Å². The molecule has 17 heavy (non-hydrogen) atoms. The number of ketones is 1. The molecular weight excluding hydrogens is 214 g/mol. The van der Waals surface area contributed by atoms with Gasteiger partial charge in [-0.15, -0.1) is 0 Å². The fourth-order valence-electron chi connectivity index (χ4n) is 3.07. The Morgan fingerprint density at radius 2 is 1.94 bits per heavy atom. The molecule has 2 rings (SSSR count). The SMILES string of the molecule is CC1(C)CC(=O)CC(=NC2CCCCC2O)C1. The van der Waals surface area contributed by atoms with Crippen molar-refractivity contribution in [2.75, 3.05) is 0 Å². The van der Waals surface area contributed by atoms with Crippen LogP contribution in [0, 0.1) is 5.41 Å². The Bertz CT molecular complexity index is 333. The minimum atomic E-state index is -0.295. The van der Waals surface area contributed by atoms with Crippen molar-refractivity contribution in [1.29, 1.82) is 0 Å². The van der Waals surface area contributed by atoms with E-state index in [0.717, 1.165) is 37.8 Å². The first-order chi connectivity index (χ1) is 7.96.